The zero-order valence-corrected chi connectivity index (χ0v) is 16.7. The molecule has 0 aliphatic carbocycles. The van der Waals surface area contributed by atoms with Gasteiger partial charge in [0.1, 0.15) is 5.75 Å². The Labute approximate surface area is 166 Å². The number of hydrogen-bond acceptors (Lipinski definition) is 4. The molecule has 1 fully saturated rings. The van der Waals surface area contributed by atoms with E-state index in [1.54, 1.807) is 7.11 Å². The maximum absolute atomic E-state index is 10.5. The van der Waals surface area contributed by atoms with Crippen LogP contribution in [0.25, 0.3) is 0 Å². The van der Waals surface area contributed by atoms with Crippen LogP contribution in [0.4, 0.5) is 0 Å². The number of halogens is 1. The van der Waals surface area contributed by atoms with E-state index in [-0.39, 0.29) is 6.10 Å². The molecule has 2 aromatic carbocycles. The van der Waals surface area contributed by atoms with E-state index in [1.165, 1.54) is 5.56 Å². The fourth-order valence-electron chi connectivity index (χ4n) is 3.66. The van der Waals surface area contributed by atoms with Crippen molar-refractivity contribution in [3.8, 4) is 5.75 Å². The Hall–Kier alpha value is -1.59. The third-order valence-electron chi connectivity index (χ3n) is 5.19. The van der Waals surface area contributed by atoms with Crippen molar-refractivity contribution in [2.24, 2.45) is 0 Å². The lowest BCUT2D eigenvalue weighted by atomic mass is 10.0. The van der Waals surface area contributed by atoms with E-state index in [1.807, 2.05) is 43.3 Å². The zero-order valence-electron chi connectivity index (χ0n) is 16.0. The molecule has 27 heavy (non-hydrogen) atoms. The Morgan fingerprint density at radius 1 is 1.15 bits per heavy atom. The molecule has 1 aliphatic rings. The van der Waals surface area contributed by atoms with Gasteiger partial charge in [0.2, 0.25) is 0 Å². The van der Waals surface area contributed by atoms with Crippen LogP contribution in [-0.2, 0) is 4.74 Å². The van der Waals surface area contributed by atoms with Gasteiger partial charge >= 0.3 is 0 Å². The van der Waals surface area contributed by atoms with Gasteiger partial charge in [-0.2, -0.15) is 0 Å². The number of hydrogen-bond donors (Lipinski definition) is 1. The molecule has 0 aromatic heterocycles. The summed E-state index contributed by atoms with van der Waals surface area (Å²) >= 11 is 5.93. The minimum atomic E-state index is -0.515. The van der Waals surface area contributed by atoms with Gasteiger partial charge in [-0.3, -0.25) is 4.90 Å². The standard InChI is InChI=1S/C22H28ClNO3/c1-16(17-5-9-19(23)10-6-17)27-15-20(25)14-24-13-3-4-22(24)18-7-11-21(26-2)12-8-18/h5-12,16,20,22,25H,3-4,13-15H2,1-2H3. The van der Waals surface area contributed by atoms with Gasteiger partial charge in [-0.15, -0.1) is 0 Å². The lowest BCUT2D eigenvalue weighted by Crippen LogP contribution is -2.34. The maximum atomic E-state index is 10.5. The van der Waals surface area contributed by atoms with Gasteiger partial charge in [-0.25, -0.2) is 0 Å². The van der Waals surface area contributed by atoms with Gasteiger partial charge in [0, 0.05) is 17.6 Å². The molecule has 146 valence electrons. The normalized spacial score (nSPS) is 19.8. The molecule has 1 saturated heterocycles. The quantitative estimate of drug-likeness (QED) is 0.715. The molecule has 1 aliphatic heterocycles. The Kier molecular flexibility index (Phi) is 7.13. The van der Waals surface area contributed by atoms with Crippen LogP contribution in [0.2, 0.25) is 5.02 Å². The number of aliphatic hydroxyl groups excluding tert-OH is 1. The van der Waals surface area contributed by atoms with Crippen molar-refractivity contribution in [3.63, 3.8) is 0 Å². The molecular formula is C22H28ClNO3. The molecule has 3 atom stereocenters. The summed E-state index contributed by atoms with van der Waals surface area (Å²) in [7, 11) is 1.68. The second kappa shape index (κ2) is 9.56. The molecule has 0 spiro atoms. The van der Waals surface area contributed by atoms with Gasteiger partial charge in [0.25, 0.3) is 0 Å². The van der Waals surface area contributed by atoms with E-state index < -0.39 is 6.10 Å². The summed E-state index contributed by atoms with van der Waals surface area (Å²) in [5.74, 6) is 0.868. The highest BCUT2D eigenvalue weighted by Gasteiger charge is 2.27. The summed E-state index contributed by atoms with van der Waals surface area (Å²) in [5, 5.41) is 11.2. The monoisotopic (exact) mass is 389 g/mol. The number of β-amino-alcohol motifs (C(OH)–C–C–N with tert-alkyl or cyclic N) is 1. The van der Waals surface area contributed by atoms with Crippen LogP contribution < -0.4 is 4.74 Å². The molecule has 4 nitrogen and oxygen atoms in total. The second-order valence-corrected chi connectivity index (χ2v) is 7.54. The number of ether oxygens (including phenoxy) is 2. The van der Waals surface area contributed by atoms with Crippen LogP contribution in [-0.4, -0.2) is 42.9 Å². The number of aliphatic hydroxyl groups is 1. The number of nitrogens with zero attached hydrogens (tertiary/aromatic N) is 1. The minimum Gasteiger partial charge on any atom is -0.497 e. The summed E-state index contributed by atoms with van der Waals surface area (Å²) in [6.07, 6.45) is 1.67. The zero-order chi connectivity index (χ0) is 19.2. The molecule has 1 heterocycles. The first-order valence-corrected chi connectivity index (χ1v) is 9.87. The van der Waals surface area contributed by atoms with Gasteiger partial charge < -0.3 is 14.6 Å². The Morgan fingerprint density at radius 3 is 2.52 bits per heavy atom. The smallest absolute Gasteiger partial charge is 0.118 e. The third-order valence-corrected chi connectivity index (χ3v) is 5.44. The van der Waals surface area contributed by atoms with Gasteiger partial charge in [0.05, 0.1) is 25.9 Å². The number of rotatable bonds is 8. The first-order valence-electron chi connectivity index (χ1n) is 9.50. The Bertz CT molecular complexity index is 705. The lowest BCUT2D eigenvalue weighted by molar-refractivity contribution is -0.0172. The molecule has 5 heteroatoms. The van der Waals surface area contributed by atoms with Crippen molar-refractivity contribution < 1.29 is 14.6 Å². The molecule has 0 radical (unpaired) electrons. The topological polar surface area (TPSA) is 41.9 Å². The van der Waals surface area contributed by atoms with Gasteiger partial charge in [0.15, 0.2) is 0 Å². The lowest BCUT2D eigenvalue weighted by Gasteiger charge is -2.27. The van der Waals surface area contributed by atoms with E-state index in [2.05, 4.69) is 17.0 Å². The highest BCUT2D eigenvalue weighted by molar-refractivity contribution is 6.30. The Balaban J connectivity index is 1.51. The number of benzene rings is 2. The van der Waals surface area contributed by atoms with E-state index in [0.717, 1.165) is 30.7 Å². The van der Waals surface area contributed by atoms with Crippen LogP contribution >= 0.6 is 11.6 Å². The predicted octanol–water partition coefficient (Wildman–Crippen LogP) is 4.62. The van der Waals surface area contributed by atoms with Crippen molar-refractivity contribution in [3.05, 3.63) is 64.7 Å². The maximum Gasteiger partial charge on any atom is 0.118 e. The van der Waals surface area contributed by atoms with Crippen LogP contribution in [0.15, 0.2) is 48.5 Å². The average molecular weight is 390 g/mol. The van der Waals surface area contributed by atoms with E-state index in [4.69, 9.17) is 21.1 Å². The highest BCUT2D eigenvalue weighted by atomic mass is 35.5. The van der Waals surface area contributed by atoms with Crippen molar-refractivity contribution >= 4 is 11.6 Å². The van der Waals surface area contributed by atoms with Crippen molar-refractivity contribution in [1.82, 2.24) is 4.90 Å². The van der Waals surface area contributed by atoms with Crippen LogP contribution in [0.1, 0.15) is 43.0 Å². The molecule has 2 aromatic rings. The van der Waals surface area contributed by atoms with Crippen LogP contribution in [0.5, 0.6) is 5.75 Å². The van der Waals surface area contributed by atoms with Crippen molar-refractivity contribution in [2.45, 2.75) is 38.0 Å². The summed E-state index contributed by atoms with van der Waals surface area (Å²) < 4.78 is 11.1. The largest absolute Gasteiger partial charge is 0.497 e. The SMILES string of the molecule is COc1ccc(C2CCCN2CC(O)COC(C)c2ccc(Cl)cc2)cc1. The highest BCUT2D eigenvalue weighted by Crippen LogP contribution is 2.32. The molecule has 3 unspecified atom stereocenters. The summed E-state index contributed by atoms with van der Waals surface area (Å²) in [6.45, 7) is 3.92. The number of likely N-dealkylation sites (tertiary alicyclic amines) is 1. The predicted molar refractivity (Wildman–Crippen MR) is 108 cm³/mol. The first-order chi connectivity index (χ1) is 13.1. The van der Waals surface area contributed by atoms with Crippen LogP contribution in [0.3, 0.4) is 0 Å². The fraction of sp³-hybridized carbons (Fsp3) is 0.455. The third kappa shape index (κ3) is 5.45. The Morgan fingerprint density at radius 2 is 1.85 bits per heavy atom. The summed E-state index contributed by atoms with van der Waals surface area (Å²) in [6, 6.07) is 16.2. The van der Waals surface area contributed by atoms with Crippen molar-refractivity contribution in [2.75, 3.05) is 26.8 Å². The van der Waals surface area contributed by atoms with Gasteiger partial charge in [-0.1, -0.05) is 35.9 Å². The average Bonchev–Trinajstić information content (AvgIpc) is 3.14. The minimum absolute atomic E-state index is 0.0760. The number of methoxy groups -OCH3 is 1. The molecule has 0 saturated carbocycles. The molecule has 1 N–H and O–H groups in total. The van der Waals surface area contributed by atoms with Crippen LogP contribution in [0, 0.1) is 0 Å². The summed E-state index contributed by atoms with van der Waals surface area (Å²) in [5.41, 5.74) is 2.33. The molecular weight excluding hydrogens is 362 g/mol. The van der Waals surface area contributed by atoms with E-state index >= 15 is 0 Å². The van der Waals surface area contributed by atoms with E-state index in [0.29, 0.717) is 24.2 Å². The summed E-state index contributed by atoms with van der Waals surface area (Å²) in [4.78, 5) is 2.35. The van der Waals surface area contributed by atoms with Gasteiger partial charge in [-0.05, 0) is 61.7 Å². The molecule has 3 rings (SSSR count). The van der Waals surface area contributed by atoms with E-state index in [9.17, 15) is 5.11 Å². The first kappa shape index (κ1) is 20.2. The fourth-order valence-corrected chi connectivity index (χ4v) is 3.78. The molecule has 0 amide bonds. The molecule has 0 bridgehead atoms. The second-order valence-electron chi connectivity index (χ2n) is 7.11. The van der Waals surface area contributed by atoms with Crippen molar-refractivity contribution in [1.29, 1.82) is 0 Å².